The SMILES string of the molecule is Cc1nn(C)c(Sc2ccc3c(c2)OCCO3)c1C#N. The lowest BCUT2D eigenvalue weighted by molar-refractivity contribution is 0.171. The summed E-state index contributed by atoms with van der Waals surface area (Å²) in [4.78, 5) is 0.994. The number of benzene rings is 1. The van der Waals surface area contributed by atoms with E-state index in [1.54, 1.807) is 4.68 Å². The number of fused-ring (bicyclic) bond motifs is 1. The lowest BCUT2D eigenvalue weighted by Gasteiger charge is -2.18. The summed E-state index contributed by atoms with van der Waals surface area (Å²) >= 11 is 1.50. The van der Waals surface area contributed by atoms with Crippen LogP contribution in [0.3, 0.4) is 0 Å². The lowest BCUT2D eigenvalue weighted by Crippen LogP contribution is -2.15. The molecule has 0 spiro atoms. The monoisotopic (exact) mass is 287 g/mol. The molecule has 0 saturated heterocycles. The van der Waals surface area contributed by atoms with Crippen LogP contribution in [-0.4, -0.2) is 23.0 Å². The van der Waals surface area contributed by atoms with Gasteiger partial charge in [0.2, 0.25) is 0 Å². The Morgan fingerprint density at radius 3 is 2.80 bits per heavy atom. The van der Waals surface area contributed by atoms with Gasteiger partial charge in [-0.15, -0.1) is 0 Å². The summed E-state index contributed by atoms with van der Waals surface area (Å²) in [5, 5.41) is 14.3. The Balaban J connectivity index is 1.94. The second kappa shape index (κ2) is 5.10. The van der Waals surface area contributed by atoms with Gasteiger partial charge < -0.3 is 9.47 Å². The van der Waals surface area contributed by atoms with Gasteiger partial charge in [0.15, 0.2) is 11.5 Å². The summed E-state index contributed by atoms with van der Waals surface area (Å²) in [7, 11) is 1.84. The Labute approximate surface area is 121 Å². The second-order valence-electron chi connectivity index (χ2n) is 4.41. The maximum atomic E-state index is 9.22. The zero-order valence-corrected chi connectivity index (χ0v) is 12.0. The molecule has 1 aliphatic rings. The molecular weight excluding hydrogens is 274 g/mol. The van der Waals surface area contributed by atoms with Gasteiger partial charge in [0, 0.05) is 11.9 Å². The van der Waals surface area contributed by atoms with Crippen molar-refractivity contribution in [2.45, 2.75) is 16.8 Å². The van der Waals surface area contributed by atoms with E-state index in [4.69, 9.17) is 9.47 Å². The molecule has 0 bridgehead atoms. The van der Waals surface area contributed by atoms with Crippen molar-refractivity contribution in [3.63, 3.8) is 0 Å². The van der Waals surface area contributed by atoms with Gasteiger partial charge in [-0.1, -0.05) is 11.8 Å². The van der Waals surface area contributed by atoms with E-state index < -0.39 is 0 Å². The summed E-state index contributed by atoms with van der Waals surface area (Å²) in [6, 6.07) is 8.00. The van der Waals surface area contributed by atoms with E-state index in [0.717, 1.165) is 27.1 Å². The smallest absolute Gasteiger partial charge is 0.162 e. The standard InChI is InChI=1S/C14H13N3O2S/c1-9-11(8-15)14(17(2)16-9)20-10-3-4-12-13(7-10)19-6-5-18-12/h3-4,7H,5-6H2,1-2H3. The van der Waals surface area contributed by atoms with Crippen LogP contribution in [-0.2, 0) is 7.05 Å². The Bertz CT molecular complexity index is 703. The van der Waals surface area contributed by atoms with Gasteiger partial charge in [0.1, 0.15) is 29.9 Å². The minimum absolute atomic E-state index is 0.565. The number of aromatic nitrogens is 2. The maximum absolute atomic E-state index is 9.22. The molecule has 6 heteroatoms. The van der Waals surface area contributed by atoms with Gasteiger partial charge in [-0.25, -0.2) is 0 Å². The van der Waals surface area contributed by atoms with Crippen LogP contribution >= 0.6 is 11.8 Å². The van der Waals surface area contributed by atoms with E-state index in [1.165, 1.54) is 11.8 Å². The van der Waals surface area contributed by atoms with Crippen molar-refractivity contribution in [3.8, 4) is 17.6 Å². The highest BCUT2D eigenvalue weighted by molar-refractivity contribution is 7.99. The van der Waals surface area contributed by atoms with Gasteiger partial charge in [-0.2, -0.15) is 10.4 Å². The molecule has 3 rings (SSSR count). The normalized spacial score (nSPS) is 13.1. The average molecular weight is 287 g/mol. The van der Waals surface area contributed by atoms with Crippen LogP contribution in [0.1, 0.15) is 11.3 Å². The van der Waals surface area contributed by atoms with Crippen molar-refractivity contribution in [1.82, 2.24) is 9.78 Å². The highest BCUT2D eigenvalue weighted by Gasteiger charge is 2.16. The Morgan fingerprint density at radius 1 is 1.30 bits per heavy atom. The fraction of sp³-hybridized carbons (Fsp3) is 0.286. The molecule has 0 saturated carbocycles. The van der Waals surface area contributed by atoms with Crippen molar-refractivity contribution in [2.75, 3.05) is 13.2 Å². The first-order valence-electron chi connectivity index (χ1n) is 6.20. The Morgan fingerprint density at radius 2 is 2.05 bits per heavy atom. The molecule has 102 valence electrons. The third kappa shape index (κ3) is 2.21. The van der Waals surface area contributed by atoms with Crippen LogP contribution in [0.15, 0.2) is 28.1 Å². The zero-order valence-electron chi connectivity index (χ0n) is 11.2. The quantitative estimate of drug-likeness (QED) is 0.849. The molecule has 0 amide bonds. The van der Waals surface area contributed by atoms with E-state index in [9.17, 15) is 5.26 Å². The van der Waals surface area contributed by atoms with Crippen molar-refractivity contribution < 1.29 is 9.47 Å². The first kappa shape index (κ1) is 12.9. The van der Waals surface area contributed by atoms with Crippen LogP contribution in [0.25, 0.3) is 0 Å². The van der Waals surface area contributed by atoms with E-state index >= 15 is 0 Å². The largest absolute Gasteiger partial charge is 0.486 e. The van der Waals surface area contributed by atoms with Gasteiger partial charge in [0.25, 0.3) is 0 Å². The van der Waals surface area contributed by atoms with Crippen LogP contribution in [0.4, 0.5) is 0 Å². The fourth-order valence-corrected chi connectivity index (χ4v) is 3.08. The van der Waals surface area contributed by atoms with Crippen molar-refractivity contribution in [1.29, 1.82) is 5.26 Å². The molecule has 0 unspecified atom stereocenters. The highest BCUT2D eigenvalue weighted by Crippen LogP contribution is 2.37. The summed E-state index contributed by atoms with van der Waals surface area (Å²) in [5.74, 6) is 1.51. The third-order valence-corrected chi connectivity index (χ3v) is 4.16. The van der Waals surface area contributed by atoms with Gasteiger partial charge >= 0.3 is 0 Å². The number of hydrogen-bond donors (Lipinski definition) is 0. The molecule has 5 nitrogen and oxygen atoms in total. The molecule has 0 N–H and O–H groups in total. The van der Waals surface area contributed by atoms with Crippen LogP contribution in [0.5, 0.6) is 11.5 Å². The zero-order chi connectivity index (χ0) is 14.1. The highest BCUT2D eigenvalue weighted by atomic mass is 32.2. The molecule has 1 aromatic heterocycles. The number of nitriles is 1. The fourth-order valence-electron chi connectivity index (χ4n) is 2.08. The first-order chi connectivity index (χ1) is 9.69. The minimum Gasteiger partial charge on any atom is -0.486 e. The molecule has 1 aromatic carbocycles. The third-order valence-electron chi connectivity index (χ3n) is 3.01. The lowest BCUT2D eigenvalue weighted by atomic mass is 10.3. The van der Waals surface area contributed by atoms with Crippen LogP contribution < -0.4 is 9.47 Å². The molecule has 0 atom stereocenters. The molecule has 20 heavy (non-hydrogen) atoms. The predicted molar refractivity (Wildman–Crippen MR) is 74.2 cm³/mol. The van der Waals surface area contributed by atoms with Crippen LogP contribution in [0, 0.1) is 18.3 Å². The molecule has 0 aliphatic carbocycles. The van der Waals surface area contributed by atoms with Crippen molar-refractivity contribution >= 4 is 11.8 Å². The molecule has 1 aliphatic heterocycles. The number of hydrogen-bond acceptors (Lipinski definition) is 5. The van der Waals surface area contributed by atoms with Crippen LogP contribution in [0.2, 0.25) is 0 Å². The summed E-state index contributed by atoms with van der Waals surface area (Å²) in [6.07, 6.45) is 0. The Hall–Kier alpha value is -2.13. The summed E-state index contributed by atoms with van der Waals surface area (Å²) in [5.41, 5.74) is 1.36. The summed E-state index contributed by atoms with van der Waals surface area (Å²) < 4.78 is 12.8. The number of ether oxygens (including phenoxy) is 2. The van der Waals surface area contributed by atoms with Gasteiger partial charge in [-0.05, 0) is 25.1 Å². The van der Waals surface area contributed by atoms with E-state index in [-0.39, 0.29) is 0 Å². The molecular formula is C14H13N3O2S. The van der Waals surface area contributed by atoms with Crippen molar-refractivity contribution in [3.05, 3.63) is 29.5 Å². The van der Waals surface area contributed by atoms with E-state index in [0.29, 0.717) is 18.8 Å². The number of aryl methyl sites for hydroxylation is 2. The van der Waals surface area contributed by atoms with E-state index in [2.05, 4.69) is 11.2 Å². The molecule has 2 heterocycles. The topological polar surface area (TPSA) is 60.1 Å². The second-order valence-corrected chi connectivity index (χ2v) is 5.47. The first-order valence-corrected chi connectivity index (χ1v) is 7.02. The molecule has 0 radical (unpaired) electrons. The molecule has 0 fully saturated rings. The number of rotatable bonds is 2. The van der Waals surface area contributed by atoms with Gasteiger partial charge in [0.05, 0.1) is 5.69 Å². The Kier molecular flexibility index (Phi) is 3.28. The van der Waals surface area contributed by atoms with Gasteiger partial charge in [-0.3, -0.25) is 4.68 Å². The van der Waals surface area contributed by atoms with Crippen molar-refractivity contribution in [2.24, 2.45) is 7.05 Å². The van der Waals surface area contributed by atoms with E-state index in [1.807, 2.05) is 32.2 Å². The molecule has 2 aromatic rings. The maximum Gasteiger partial charge on any atom is 0.162 e. The predicted octanol–water partition coefficient (Wildman–Crippen LogP) is 2.52. The average Bonchev–Trinajstić information content (AvgIpc) is 2.72. The minimum atomic E-state index is 0.565. The number of nitrogens with zero attached hydrogens (tertiary/aromatic N) is 3. The summed E-state index contributed by atoms with van der Waals surface area (Å²) in [6.45, 7) is 2.99.